The van der Waals surface area contributed by atoms with E-state index in [9.17, 15) is 0 Å². The quantitative estimate of drug-likeness (QED) is 0.909. The molecule has 0 saturated heterocycles. The summed E-state index contributed by atoms with van der Waals surface area (Å²) < 4.78 is 0. The standard InChI is InChI=1S/C15H20N2S/c1-15(2,3)12-7-5-11(6-8-12)14(16-4)13-9-17-10-18-13/h5-10,14,16H,1-4H3. The maximum atomic E-state index is 4.15. The molecule has 0 spiro atoms. The van der Waals surface area contributed by atoms with Crippen LogP contribution in [-0.4, -0.2) is 12.0 Å². The van der Waals surface area contributed by atoms with Crippen LogP contribution in [0.1, 0.15) is 42.8 Å². The zero-order valence-electron chi connectivity index (χ0n) is 11.4. The van der Waals surface area contributed by atoms with E-state index in [0.29, 0.717) is 0 Å². The second-order valence-electron chi connectivity index (χ2n) is 5.50. The molecule has 0 aliphatic rings. The van der Waals surface area contributed by atoms with Gasteiger partial charge in [0.05, 0.1) is 11.6 Å². The molecule has 1 aromatic carbocycles. The number of hydrogen-bond acceptors (Lipinski definition) is 3. The second kappa shape index (κ2) is 5.21. The van der Waals surface area contributed by atoms with Gasteiger partial charge < -0.3 is 5.32 Å². The van der Waals surface area contributed by atoms with Crippen molar-refractivity contribution in [3.05, 3.63) is 52.0 Å². The molecule has 0 amide bonds. The van der Waals surface area contributed by atoms with E-state index in [1.165, 1.54) is 16.0 Å². The van der Waals surface area contributed by atoms with Gasteiger partial charge >= 0.3 is 0 Å². The van der Waals surface area contributed by atoms with Gasteiger partial charge in [-0.1, -0.05) is 45.0 Å². The lowest BCUT2D eigenvalue weighted by atomic mass is 9.86. The summed E-state index contributed by atoms with van der Waals surface area (Å²) in [6.45, 7) is 6.71. The van der Waals surface area contributed by atoms with Crippen LogP contribution in [0.25, 0.3) is 0 Å². The first-order valence-corrected chi connectivity index (χ1v) is 7.06. The number of rotatable bonds is 3. The number of hydrogen-bond donors (Lipinski definition) is 1. The molecule has 2 rings (SSSR count). The van der Waals surface area contributed by atoms with Gasteiger partial charge in [-0.05, 0) is 23.6 Å². The fourth-order valence-electron chi connectivity index (χ4n) is 2.02. The van der Waals surface area contributed by atoms with Crippen molar-refractivity contribution in [3.8, 4) is 0 Å². The van der Waals surface area contributed by atoms with Crippen LogP contribution in [0.3, 0.4) is 0 Å². The maximum Gasteiger partial charge on any atom is 0.0794 e. The average molecular weight is 260 g/mol. The van der Waals surface area contributed by atoms with Gasteiger partial charge in [0.15, 0.2) is 0 Å². The van der Waals surface area contributed by atoms with E-state index in [1.54, 1.807) is 11.3 Å². The zero-order chi connectivity index (χ0) is 13.2. The monoisotopic (exact) mass is 260 g/mol. The molecule has 0 radical (unpaired) electrons. The Morgan fingerprint density at radius 1 is 1.17 bits per heavy atom. The van der Waals surface area contributed by atoms with Crippen molar-refractivity contribution in [2.24, 2.45) is 0 Å². The third-order valence-electron chi connectivity index (χ3n) is 3.13. The van der Waals surface area contributed by atoms with E-state index >= 15 is 0 Å². The van der Waals surface area contributed by atoms with Crippen LogP contribution in [0.15, 0.2) is 36.0 Å². The van der Waals surface area contributed by atoms with E-state index in [4.69, 9.17) is 0 Å². The van der Waals surface area contributed by atoms with E-state index in [2.05, 4.69) is 55.3 Å². The number of nitrogens with zero attached hydrogens (tertiary/aromatic N) is 1. The highest BCUT2D eigenvalue weighted by molar-refractivity contribution is 7.09. The Labute approximate surface area is 113 Å². The molecule has 0 saturated carbocycles. The molecule has 0 bridgehead atoms. The first-order valence-electron chi connectivity index (χ1n) is 6.18. The minimum Gasteiger partial charge on any atom is -0.309 e. The van der Waals surface area contributed by atoms with Crippen molar-refractivity contribution >= 4 is 11.3 Å². The topological polar surface area (TPSA) is 24.9 Å². The number of thiazole rings is 1. The molecule has 2 nitrogen and oxygen atoms in total. The van der Waals surface area contributed by atoms with Crippen LogP contribution in [-0.2, 0) is 5.41 Å². The third-order valence-corrected chi connectivity index (χ3v) is 3.98. The van der Waals surface area contributed by atoms with Crippen LogP contribution < -0.4 is 5.32 Å². The van der Waals surface area contributed by atoms with Gasteiger partial charge in [-0.3, -0.25) is 4.98 Å². The summed E-state index contributed by atoms with van der Waals surface area (Å²) in [4.78, 5) is 5.40. The lowest BCUT2D eigenvalue weighted by Gasteiger charge is -2.21. The molecule has 0 aliphatic heterocycles. The lowest BCUT2D eigenvalue weighted by molar-refractivity contribution is 0.589. The van der Waals surface area contributed by atoms with Crippen molar-refractivity contribution in [1.82, 2.24) is 10.3 Å². The third kappa shape index (κ3) is 2.79. The van der Waals surface area contributed by atoms with E-state index in [-0.39, 0.29) is 11.5 Å². The van der Waals surface area contributed by atoms with E-state index in [0.717, 1.165) is 0 Å². The molecule has 1 aromatic heterocycles. The maximum absolute atomic E-state index is 4.15. The number of aromatic nitrogens is 1. The van der Waals surface area contributed by atoms with Crippen molar-refractivity contribution in [2.45, 2.75) is 32.2 Å². The summed E-state index contributed by atoms with van der Waals surface area (Å²) in [5, 5.41) is 3.35. The summed E-state index contributed by atoms with van der Waals surface area (Å²) in [7, 11) is 1.99. The predicted molar refractivity (Wildman–Crippen MR) is 78.2 cm³/mol. The Bertz CT molecular complexity index is 480. The van der Waals surface area contributed by atoms with Crippen LogP contribution in [0, 0.1) is 0 Å². The minimum absolute atomic E-state index is 0.207. The molecule has 3 heteroatoms. The molecular formula is C15H20N2S. The molecule has 0 aliphatic carbocycles. The molecule has 18 heavy (non-hydrogen) atoms. The molecule has 1 atom stereocenters. The highest BCUT2D eigenvalue weighted by Crippen LogP contribution is 2.27. The fraction of sp³-hybridized carbons (Fsp3) is 0.400. The molecule has 2 aromatic rings. The smallest absolute Gasteiger partial charge is 0.0794 e. The molecule has 96 valence electrons. The summed E-state index contributed by atoms with van der Waals surface area (Å²) >= 11 is 1.69. The number of nitrogens with one attached hydrogen (secondary N) is 1. The largest absolute Gasteiger partial charge is 0.309 e. The Kier molecular flexibility index (Phi) is 3.83. The fourth-order valence-corrected chi connectivity index (χ4v) is 2.77. The second-order valence-corrected chi connectivity index (χ2v) is 6.42. The summed E-state index contributed by atoms with van der Waals surface area (Å²) in [5.41, 5.74) is 4.74. The van der Waals surface area contributed by atoms with Crippen LogP contribution in [0.2, 0.25) is 0 Å². The number of benzene rings is 1. The van der Waals surface area contributed by atoms with Gasteiger partial charge in [0.1, 0.15) is 0 Å². The van der Waals surface area contributed by atoms with Crippen molar-refractivity contribution in [3.63, 3.8) is 0 Å². The predicted octanol–water partition coefficient (Wildman–Crippen LogP) is 3.75. The first-order chi connectivity index (χ1) is 8.52. The highest BCUT2D eigenvalue weighted by atomic mass is 32.1. The van der Waals surface area contributed by atoms with Gasteiger partial charge in [0.2, 0.25) is 0 Å². The lowest BCUT2D eigenvalue weighted by Crippen LogP contribution is -2.17. The average Bonchev–Trinajstić information content (AvgIpc) is 2.83. The first kappa shape index (κ1) is 13.2. The SMILES string of the molecule is CNC(c1ccc(C(C)(C)C)cc1)c1cncs1. The molecule has 1 unspecified atom stereocenters. The van der Waals surface area contributed by atoms with Crippen molar-refractivity contribution in [2.75, 3.05) is 7.05 Å². The normalized spacial score (nSPS) is 13.6. The molecule has 1 N–H and O–H groups in total. The van der Waals surface area contributed by atoms with Gasteiger partial charge in [-0.25, -0.2) is 0 Å². The summed E-state index contributed by atoms with van der Waals surface area (Å²) in [6, 6.07) is 9.11. The Hall–Kier alpha value is -1.19. The van der Waals surface area contributed by atoms with Crippen LogP contribution >= 0.6 is 11.3 Å². The van der Waals surface area contributed by atoms with Crippen molar-refractivity contribution < 1.29 is 0 Å². The molecular weight excluding hydrogens is 240 g/mol. The zero-order valence-corrected chi connectivity index (χ0v) is 12.2. The van der Waals surface area contributed by atoms with Gasteiger partial charge in [-0.2, -0.15) is 0 Å². The highest BCUT2D eigenvalue weighted by Gasteiger charge is 2.16. The summed E-state index contributed by atoms with van der Waals surface area (Å²) in [5.74, 6) is 0. The molecule has 1 heterocycles. The summed E-state index contributed by atoms with van der Waals surface area (Å²) in [6.07, 6.45) is 1.93. The molecule has 0 fully saturated rings. The van der Waals surface area contributed by atoms with Crippen LogP contribution in [0.5, 0.6) is 0 Å². The van der Waals surface area contributed by atoms with Gasteiger partial charge in [-0.15, -0.1) is 11.3 Å². The van der Waals surface area contributed by atoms with Crippen LogP contribution in [0.4, 0.5) is 0 Å². The van der Waals surface area contributed by atoms with Gasteiger partial charge in [0.25, 0.3) is 0 Å². The van der Waals surface area contributed by atoms with E-state index in [1.807, 2.05) is 18.8 Å². The van der Waals surface area contributed by atoms with Gasteiger partial charge in [0, 0.05) is 11.1 Å². The Balaban J connectivity index is 2.28. The minimum atomic E-state index is 0.207. The van der Waals surface area contributed by atoms with E-state index < -0.39 is 0 Å². The van der Waals surface area contributed by atoms with Crippen molar-refractivity contribution in [1.29, 1.82) is 0 Å². The Morgan fingerprint density at radius 2 is 1.83 bits per heavy atom. The Morgan fingerprint density at radius 3 is 2.28 bits per heavy atom.